The molecule has 0 saturated heterocycles. The van der Waals surface area contributed by atoms with Crippen molar-refractivity contribution in [2.45, 2.75) is 32.7 Å². The summed E-state index contributed by atoms with van der Waals surface area (Å²) in [6.45, 7) is 3.76. The van der Waals surface area contributed by atoms with Crippen molar-refractivity contribution in [2.24, 2.45) is 0 Å². The summed E-state index contributed by atoms with van der Waals surface area (Å²) in [5, 5.41) is 0.890. The highest BCUT2D eigenvalue weighted by atomic mass is 35.5. The minimum atomic E-state index is -0.170. The zero-order valence-electron chi connectivity index (χ0n) is 14.7. The van der Waals surface area contributed by atoms with Crippen LogP contribution in [-0.4, -0.2) is 24.4 Å². The van der Waals surface area contributed by atoms with E-state index < -0.39 is 0 Å². The number of para-hydroxylation sites is 1. The molecule has 3 rings (SSSR count). The Morgan fingerprint density at radius 1 is 1.19 bits per heavy atom. The van der Waals surface area contributed by atoms with E-state index in [1.165, 1.54) is 17.4 Å². The number of rotatable bonds is 4. The third kappa shape index (κ3) is 3.71. The van der Waals surface area contributed by atoms with Crippen LogP contribution in [0.2, 0.25) is 10.0 Å². The molecule has 1 aliphatic rings. The number of amides is 2. The van der Waals surface area contributed by atoms with Crippen LogP contribution in [0.15, 0.2) is 42.5 Å². The maximum Gasteiger partial charge on any atom is 0.229 e. The minimum Gasteiger partial charge on any atom is -0.311 e. The first-order valence-electron chi connectivity index (χ1n) is 8.51. The molecular formula is C20H20Cl2N2O2. The summed E-state index contributed by atoms with van der Waals surface area (Å²) in [5.41, 5.74) is 2.70. The predicted molar refractivity (Wildman–Crippen MR) is 106 cm³/mol. The number of hydrogen-bond acceptors (Lipinski definition) is 2. The fraction of sp³-hybridized carbons (Fsp3) is 0.300. The second kappa shape index (κ2) is 7.68. The topological polar surface area (TPSA) is 40.6 Å². The van der Waals surface area contributed by atoms with Crippen LogP contribution in [0.25, 0.3) is 0 Å². The predicted octanol–water partition coefficient (Wildman–Crippen LogP) is 4.71. The van der Waals surface area contributed by atoms with E-state index in [9.17, 15) is 9.59 Å². The van der Waals surface area contributed by atoms with Crippen molar-refractivity contribution in [1.29, 1.82) is 0 Å². The van der Waals surface area contributed by atoms with Gasteiger partial charge < -0.3 is 9.80 Å². The summed E-state index contributed by atoms with van der Waals surface area (Å²) in [6.07, 6.45) is 1.07. The Hall–Kier alpha value is -2.04. The van der Waals surface area contributed by atoms with Crippen molar-refractivity contribution < 1.29 is 9.59 Å². The van der Waals surface area contributed by atoms with E-state index in [-0.39, 0.29) is 30.8 Å². The Kier molecular flexibility index (Phi) is 5.54. The number of fused-ring (bicyclic) bond motifs is 1. The minimum absolute atomic E-state index is 0.00112. The Labute approximate surface area is 163 Å². The molecule has 2 aromatic rings. The quantitative estimate of drug-likeness (QED) is 0.757. The Morgan fingerprint density at radius 3 is 2.62 bits per heavy atom. The lowest BCUT2D eigenvalue weighted by Crippen LogP contribution is -2.39. The van der Waals surface area contributed by atoms with E-state index in [0.717, 1.165) is 12.1 Å². The largest absolute Gasteiger partial charge is 0.311 e. The molecule has 0 N–H and O–H groups in total. The van der Waals surface area contributed by atoms with Gasteiger partial charge in [0.15, 0.2) is 0 Å². The van der Waals surface area contributed by atoms with Crippen LogP contribution in [0.4, 0.5) is 11.4 Å². The van der Waals surface area contributed by atoms with E-state index in [2.05, 4.69) is 6.07 Å². The van der Waals surface area contributed by atoms with E-state index in [4.69, 9.17) is 23.2 Å². The molecule has 2 amide bonds. The summed E-state index contributed by atoms with van der Waals surface area (Å²) in [7, 11) is 0. The molecule has 1 unspecified atom stereocenters. The zero-order valence-corrected chi connectivity index (χ0v) is 16.2. The van der Waals surface area contributed by atoms with Gasteiger partial charge in [0.05, 0.1) is 10.7 Å². The van der Waals surface area contributed by atoms with Gasteiger partial charge in [0.1, 0.15) is 0 Å². The van der Waals surface area contributed by atoms with Gasteiger partial charge in [-0.15, -0.1) is 0 Å². The molecule has 4 nitrogen and oxygen atoms in total. The van der Waals surface area contributed by atoms with Gasteiger partial charge in [0, 0.05) is 36.6 Å². The molecule has 1 heterocycles. The van der Waals surface area contributed by atoms with Crippen molar-refractivity contribution in [2.75, 3.05) is 16.3 Å². The average Bonchev–Trinajstić information content (AvgIpc) is 2.92. The standard InChI is InChI=1S/C20H20Cl2N2O2/c1-13-11-15-5-3-4-6-18(15)24(13)20(26)9-10-23(14(2)25)19-8-7-16(21)12-17(19)22/h3-8,12-13H,9-11H2,1-2H3. The first kappa shape index (κ1) is 18.7. The maximum absolute atomic E-state index is 12.8. The lowest BCUT2D eigenvalue weighted by Gasteiger charge is -2.26. The molecule has 0 spiro atoms. The van der Waals surface area contributed by atoms with E-state index in [0.29, 0.717) is 15.7 Å². The normalized spacial score (nSPS) is 15.7. The smallest absolute Gasteiger partial charge is 0.229 e. The number of halogens is 2. The Morgan fingerprint density at radius 2 is 1.92 bits per heavy atom. The van der Waals surface area contributed by atoms with Crippen molar-refractivity contribution >= 4 is 46.4 Å². The second-order valence-corrected chi connectivity index (χ2v) is 7.31. The van der Waals surface area contributed by atoms with Gasteiger partial charge in [-0.25, -0.2) is 0 Å². The number of benzene rings is 2. The first-order chi connectivity index (χ1) is 12.4. The molecule has 0 radical (unpaired) electrons. The van der Waals surface area contributed by atoms with Crippen LogP contribution in [0.5, 0.6) is 0 Å². The second-order valence-electron chi connectivity index (χ2n) is 6.46. The number of carbonyl (C=O) groups excluding carboxylic acids is 2. The van der Waals surface area contributed by atoms with Gasteiger partial charge in [-0.2, -0.15) is 0 Å². The fourth-order valence-electron chi connectivity index (χ4n) is 3.42. The molecular weight excluding hydrogens is 371 g/mol. The van der Waals surface area contributed by atoms with Gasteiger partial charge in [0.2, 0.25) is 11.8 Å². The fourth-order valence-corrected chi connectivity index (χ4v) is 3.93. The van der Waals surface area contributed by atoms with Crippen LogP contribution in [0, 0.1) is 0 Å². The van der Waals surface area contributed by atoms with Crippen molar-refractivity contribution in [3.63, 3.8) is 0 Å². The third-order valence-electron chi connectivity index (χ3n) is 4.61. The summed E-state index contributed by atoms with van der Waals surface area (Å²) in [5.74, 6) is -0.171. The lowest BCUT2D eigenvalue weighted by atomic mass is 10.1. The number of carbonyl (C=O) groups is 2. The molecule has 0 aliphatic carbocycles. The monoisotopic (exact) mass is 390 g/mol. The molecule has 1 aliphatic heterocycles. The van der Waals surface area contributed by atoms with Gasteiger partial charge >= 0.3 is 0 Å². The Bertz CT molecular complexity index is 853. The highest BCUT2D eigenvalue weighted by molar-refractivity contribution is 6.36. The molecule has 0 aromatic heterocycles. The van der Waals surface area contributed by atoms with Crippen LogP contribution in [0.3, 0.4) is 0 Å². The van der Waals surface area contributed by atoms with E-state index in [1.54, 1.807) is 18.2 Å². The van der Waals surface area contributed by atoms with Gasteiger partial charge in [0.25, 0.3) is 0 Å². The molecule has 2 aromatic carbocycles. The zero-order chi connectivity index (χ0) is 18.8. The van der Waals surface area contributed by atoms with Crippen molar-refractivity contribution in [3.05, 3.63) is 58.1 Å². The summed E-state index contributed by atoms with van der Waals surface area (Å²) >= 11 is 12.2. The molecule has 0 bridgehead atoms. The van der Waals surface area contributed by atoms with Gasteiger partial charge in [-0.3, -0.25) is 9.59 Å². The number of anilines is 2. The summed E-state index contributed by atoms with van der Waals surface area (Å²) < 4.78 is 0. The number of nitrogens with zero attached hydrogens (tertiary/aromatic N) is 2. The van der Waals surface area contributed by atoms with E-state index >= 15 is 0 Å². The van der Waals surface area contributed by atoms with Crippen LogP contribution in [0.1, 0.15) is 25.8 Å². The highest BCUT2D eigenvalue weighted by Crippen LogP contribution is 2.33. The lowest BCUT2D eigenvalue weighted by molar-refractivity contribution is -0.119. The number of hydrogen-bond donors (Lipinski definition) is 0. The molecule has 0 fully saturated rings. The van der Waals surface area contributed by atoms with Gasteiger partial charge in [-0.1, -0.05) is 41.4 Å². The third-order valence-corrected chi connectivity index (χ3v) is 5.14. The maximum atomic E-state index is 12.8. The molecule has 1 atom stereocenters. The summed E-state index contributed by atoms with van der Waals surface area (Å²) in [6, 6.07) is 13.0. The van der Waals surface area contributed by atoms with Crippen LogP contribution >= 0.6 is 23.2 Å². The molecule has 136 valence electrons. The van der Waals surface area contributed by atoms with Crippen LogP contribution in [-0.2, 0) is 16.0 Å². The average molecular weight is 391 g/mol. The molecule has 0 saturated carbocycles. The molecule has 6 heteroatoms. The highest BCUT2D eigenvalue weighted by Gasteiger charge is 2.30. The first-order valence-corrected chi connectivity index (χ1v) is 9.27. The van der Waals surface area contributed by atoms with Crippen molar-refractivity contribution in [1.82, 2.24) is 0 Å². The molecule has 26 heavy (non-hydrogen) atoms. The summed E-state index contributed by atoms with van der Waals surface area (Å²) in [4.78, 5) is 28.3. The van der Waals surface area contributed by atoms with E-state index in [1.807, 2.05) is 30.0 Å². The van der Waals surface area contributed by atoms with Crippen LogP contribution < -0.4 is 9.80 Å². The Balaban J connectivity index is 1.76. The SMILES string of the molecule is CC(=O)N(CCC(=O)N1c2ccccc2CC1C)c1ccc(Cl)cc1Cl. The van der Waals surface area contributed by atoms with Crippen molar-refractivity contribution in [3.8, 4) is 0 Å². The van der Waals surface area contributed by atoms with Gasteiger partial charge in [-0.05, 0) is 43.2 Å².